The third-order valence-corrected chi connectivity index (χ3v) is 3.64. The second kappa shape index (κ2) is 6.23. The van der Waals surface area contributed by atoms with Crippen molar-refractivity contribution in [1.29, 1.82) is 0 Å². The summed E-state index contributed by atoms with van der Waals surface area (Å²) >= 11 is 0. The van der Waals surface area contributed by atoms with Gasteiger partial charge in [0.2, 0.25) is 0 Å². The highest BCUT2D eigenvalue weighted by Gasteiger charge is 2.31. The van der Waals surface area contributed by atoms with Gasteiger partial charge in [-0.05, 0) is 43.8 Å². The molecule has 0 aromatic carbocycles. The summed E-state index contributed by atoms with van der Waals surface area (Å²) in [6, 6.07) is 2.83. The predicted molar refractivity (Wildman–Crippen MR) is 77.3 cm³/mol. The van der Waals surface area contributed by atoms with Crippen LogP contribution in [0.15, 0.2) is 12.1 Å². The number of nitrogens with one attached hydrogen (secondary N) is 2. The molecule has 0 unspecified atom stereocenters. The minimum absolute atomic E-state index is 0. The van der Waals surface area contributed by atoms with E-state index in [1.807, 2.05) is 6.92 Å². The Labute approximate surface area is 123 Å². The molecule has 8 heteroatoms. The fraction of sp³-hybridized carbons (Fsp3) is 0.583. The van der Waals surface area contributed by atoms with Crippen LogP contribution in [-0.2, 0) is 7.05 Å². The van der Waals surface area contributed by atoms with Crippen molar-refractivity contribution >= 4 is 24.1 Å². The molecule has 2 heterocycles. The van der Waals surface area contributed by atoms with Crippen LogP contribution in [0, 0.1) is 10.1 Å². The van der Waals surface area contributed by atoms with Crippen LogP contribution in [0.2, 0.25) is 0 Å². The lowest BCUT2D eigenvalue weighted by Gasteiger charge is -2.34. The lowest BCUT2D eigenvalue weighted by Crippen LogP contribution is -2.52. The van der Waals surface area contributed by atoms with Crippen LogP contribution < -0.4 is 10.6 Å². The average Bonchev–Trinajstić information content (AvgIpc) is 2.71. The molecule has 1 aromatic heterocycles. The molecule has 112 valence electrons. The van der Waals surface area contributed by atoms with Crippen molar-refractivity contribution in [3.05, 3.63) is 27.9 Å². The third-order valence-electron chi connectivity index (χ3n) is 3.64. The molecule has 1 aliphatic rings. The summed E-state index contributed by atoms with van der Waals surface area (Å²) in [5, 5.41) is 17.0. The second-order valence-electron chi connectivity index (χ2n) is 5.16. The van der Waals surface area contributed by atoms with E-state index in [4.69, 9.17) is 0 Å². The molecule has 1 amide bonds. The van der Waals surface area contributed by atoms with Crippen LogP contribution in [0.3, 0.4) is 0 Å². The quantitative estimate of drug-likeness (QED) is 0.649. The average molecular weight is 303 g/mol. The summed E-state index contributed by atoms with van der Waals surface area (Å²) in [5.74, 6) is -0.347. The zero-order chi connectivity index (χ0) is 14.0. The highest BCUT2D eigenvalue weighted by molar-refractivity contribution is 5.93. The topological polar surface area (TPSA) is 89.2 Å². The van der Waals surface area contributed by atoms with Gasteiger partial charge in [-0.1, -0.05) is 0 Å². The molecular weight excluding hydrogens is 284 g/mol. The van der Waals surface area contributed by atoms with Crippen molar-refractivity contribution < 1.29 is 9.72 Å². The first kappa shape index (κ1) is 16.5. The van der Waals surface area contributed by atoms with Gasteiger partial charge in [0.25, 0.3) is 5.91 Å². The Bertz CT molecular complexity index is 509. The lowest BCUT2D eigenvalue weighted by atomic mass is 9.90. The largest absolute Gasteiger partial charge is 0.358 e. The molecule has 0 radical (unpaired) electrons. The SMILES string of the molecule is Cl.Cn1c(C(=O)NC2(C)CCNCC2)ccc1[N+](=O)[O-]. The molecule has 1 aliphatic heterocycles. The first-order valence-corrected chi connectivity index (χ1v) is 6.26. The Morgan fingerprint density at radius 3 is 2.55 bits per heavy atom. The summed E-state index contributed by atoms with van der Waals surface area (Å²) in [7, 11) is 1.53. The van der Waals surface area contributed by atoms with Gasteiger partial charge in [-0.15, -0.1) is 12.4 Å². The van der Waals surface area contributed by atoms with Crippen molar-refractivity contribution in [1.82, 2.24) is 15.2 Å². The van der Waals surface area contributed by atoms with E-state index < -0.39 is 4.92 Å². The van der Waals surface area contributed by atoms with Gasteiger partial charge in [-0.25, -0.2) is 4.57 Å². The van der Waals surface area contributed by atoms with E-state index in [-0.39, 0.29) is 29.7 Å². The Balaban J connectivity index is 0.00000200. The molecule has 7 nitrogen and oxygen atoms in total. The lowest BCUT2D eigenvalue weighted by molar-refractivity contribution is -0.391. The van der Waals surface area contributed by atoms with Crippen molar-refractivity contribution in [2.24, 2.45) is 7.05 Å². The van der Waals surface area contributed by atoms with Crippen LogP contribution in [0.25, 0.3) is 0 Å². The van der Waals surface area contributed by atoms with E-state index in [0.717, 1.165) is 25.9 Å². The first-order chi connectivity index (χ1) is 8.93. The Hall–Kier alpha value is -1.60. The van der Waals surface area contributed by atoms with Crippen LogP contribution >= 0.6 is 12.4 Å². The van der Waals surface area contributed by atoms with E-state index in [9.17, 15) is 14.9 Å². The summed E-state index contributed by atoms with van der Waals surface area (Å²) in [6.45, 7) is 3.73. The standard InChI is InChI=1S/C12H18N4O3.ClH/c1-12(5-7-13-8-6-12)14-11(17)9-3-4-10(15(9)2)16(18)19;/h3-4,13H,5-8H2,1-2H3,(H,14,17);1H. The van der Waals surface area contributed by atoms with E-state index in [1.165, 1.54) is 23.7 Å². The van der Waals surface area contributed by atoms with E-state index in [1.54, 1.807) is 0 Å². The third kappa shape index (κ3) is 3.29. The number of halogens is 1. The fourth-order valence-corrected chi connectivity index (χ4v) is 2.35. The van der Waals surface area contributed by atoms with Crippen LogP contribution in [0.1, 0.15) is 30.3 Å². The summed E-state index contributed by atoms with van der Waals surface area (Å²) in [5.41, 5.74) is 0.0629. The van der Waals surface area contributed by atoms with Gasteiger partial charge in [0.1, 0.15) is 0 Å². The first-order valence-electron chi connectivity index (χ1n) is 6.26. The van der Waals surface area contributed by atoms with Crippen molar-refractivity contribution in [3.63, 3.8) is 0 Å². The molecule has 0 spiro atoms. The minimum atomic E-state index is -0.497. The maximum absolute atomic E-state index is 12.2. The number of hydrogen-bond acceptors (Lipinski definition) is 4. The molecule has 1 fully saturated rings. The maximum atomic E-state index is 12.2. The number of piperidine rings is 1. The predicted octanol–water partition coefficient (Wildman–Crippen LogP) is 1.23. The molecule has 0 atom stereocenters. The number of carbonyl (C=O) groups is 1. The number of nitro groups is 1. The Morgan fingerprint density at radius 2 is 2.05 bits per heavy atom. The summed E-state index contributed by atoms with van der Waals surface area (Å²) in [4.78, 5) is 22.5. The molecular formula is C12H19ClN4O3. The molecule has 20 heavy (non-hydrogen) atoms. The van der Waals surface area contributed by atoms with Crippen LogP contribution in [0.4, 0.5) is 5.82 Å². The number of rotatable bonds is 3. The number of carbonyl (C=O) groups excluding carboxylic acids is 1. The van der Waals surface area contributed by atoms with Crippen LogP contribution in [0.5, 0.6) is 0 Å². The summed E-state index contributed by atoms with van der Waals surface area (Å²) in [6.07, 6.45) is 1.70. The van der Waals surface area contributed by atoms with Gasteiger partial charge in [0, 0.05) is 11.6 Å². The highest BCUT2D eigenvalue weighted by Crippen LogP contribution is 2.20. The maximum Gasteiger partial charge on any atom is 0.323 e. The van der Waals surface area contributed by atoms with Crippen molar-refractivity contribution in [2.45, 2.75) is 25.3 Å². The minimum Gasteiger partial charge on any atom is -0.358 e. The van der Waals surface area contributed by atoms with E-state index >= 15 is 0 Å². The van der Waals surface area contributed by atoms with Crippen molar-refractivity contribution in [3.8, 4) is 0 Å². The summed E-state index contributed by atoms with van der Waals surface area (Å²) < 4.78 is 1.31. The molecule has 2 N–H and O–H groups in total. The number of nitrogens with zero attached hydrogens (tertiary/aromatic N) is 2. The van der Waals surface area contributed by atoms with Gasteiger partial charge in [-0.3, -0.25) is 4.79 Å². The fourth-order valence-electron chi connectivity index (χ4n) is 2.35. The molecule has 1 saturated heterocycles. The smallest absolute Gasteiger partial charge is 0.323 e. The zero-order valence-electron chi connectivity index (χ0n) is 11.5. The molecule has 1 aromatic rings. The Morgan fingerprint density at radius 1 is 1.45 bits per heavy atom. The van der Waals surface area contributed by atoms with Crippen molar-refractivity contribution in [2.75, 3.05) is 13.1 Å². The molecule has 0 aliphatic carbocycles. The number of hydrogen-bond donors (Lipinski definition) is 2. The second-order valence-corrected chi connectivity index (χ2v) is 5.16. The van der Waals surface area contributed by atoms with Gasteiger partial charge < -0.3 is 20.7 Å². The molecule has 0 bridgehead atoms. The molecule has 2 rings (SSSR count). The van der Waals surface area contributed by atoms with Gasteiger partial charge in [0.15, 0.2) is 5.69 Å². The van der Waals surface area contributed by atoms with Gasteiger partial charge in [-0.2, -0.15) is 0 Å². The van der Waals surface area contributed by atoms with Crippen LogP contribution in [-0.4, -0.2) is 34.0 Å². The van der Waals surface area contributed by atoms with Gasteiger partial charge in [0.05, 0.1) is 7.05 Å². The number of amides is 1. The molecule has 0 saturated carbocycles. The van der Waals surface area contributed by atoms with Gasteiger partial charge >= 0.3 is 5.82 Å². The monoisotopic (exact) mass is 302 g/mol. The van der Waals surface area contributed by atoms with E-state index in [0.29, 0.717) is 5.69 Å². The zero-order valence-corrected chi connectivity index (χ0v) is 12.3. The highest BCUT2D eigenvalue weighted by atomic mass is 35.5. The number of aromatic nitrogens is 1. The Kier molecular flexibility index (Phi) is 5.13. The van der Waals surface area contributed by atoms with E-state index in [2.05, 4.69) is 10.6 Å². The normalized spacial score (nSPS) is 17.1.